The van der Waals surface area contributed by atoms with Gasteiger partial charge in [0.05, 0.1) is 16.6 Å². The Morgan fingerprint density at radius 1 is 1.27 bits per heavy atom. The fourth-order valence-corrected chi connectivity index (χ4v) is 3.47. The van der Waals surface area contributed by atoms with Crippen molar-refractivity contribution in [1.82, 2.24) is 30.4 Å². The molecule has 4 rings (SSSR count). The number of nitrogens with zero attached hydrogens (tertiary/aromatic N) is 6. The fourth-order valence-electron chi connectivity index (χ4n) is 3.47. The number of rotatable bonds is 2. The molecular weight excluding hydrogens is 332 g/mol. The van der Waals surface area contributed by atoms with Crippen molar-refractivity contribution in [3.63, 3.8) is 0 Å². The third-order valence-corrected chi connectivity index (χ3v) is 4.99. The van der Waals surface area contributed by atoms with Crippen LogP contribution in [0, 0.1) is 6.92 Å². The Morgan fingerprint density at radius 2 is 2.04 bits per heavy atom. The Hall–Kier alpha value is -3.23. The first-order valence-corrected chi connectivity index (χ1v) is 8.30. The quantitative estimate of drug-likeness (QED) is 0.730. The smallest absolute Gasteiger partial charge is 0.255 e. The molecule has 2 N–H and O–H groups in total. The van der Waals surface area contributed by atoms with Gasteiger partial charge in [0, 0.05) is 29.5 Å². The van der Waals surface area contributed by atoms with Crippen molar-refractivity contribution >= 4 is 28.4 Å². The molecule has 0 fully saturated rings. The van der Waals surface area contributed by atoms with Gasteiger partial charge in [-0.25, -0.2) is 4.68 Å². The Bertz CT molecular complexity index is 1060. The standard InChI is InChI=1S/C17H20N8O/c1-9-12-8-11(6-7-13(12)20-19-9)18-15(26)14-10(2)24(5)16-21-22-23-25(16)17(14,3)4/h6-8H,1-5H3,(H,18,26)(H,19,20). The van der Waals surface area contributed by atoms with Gasteiger partial charge in [-0.15, -0.1) is 0 Å². The van der Waals surface area contributed by atoms with Crippen molar-refractivity contribution in [3.8, 4) is 0 Å². The fraction of sp³-hybridized carbons (Fsp3) is 0.353. The monoisotopic (exact) mass is 352 g/mol. The van der Waals surface area contributed by atoms with Crippen LogP contribution >= 0.6 is 0 Å². The van der Waals surface area contributed by atoms with Crippen molar-refractivity contribution in [2.45, 2.75) is 33.2 Å². The second kappa shape index (κ2) is 5.38. The van der Waals surface area contributed by atoms with E-state index in [1.807, 2.05) is 57.8 Å². The molecule has 0 bridgehead atoms. The lowest BCUT2D eigenvalue weighted by atomic mass is 9.89. The SMILES string of the molecule is CC1=C(C(=O)Nc2ccc3n[nH]c(C)c3c2)C(C)(C)n2nnnc2N1C. The van der Waals surface area contributed by atoms with Crippen molar-refractivity contribution in [3.05, 3.63) is 35.2 Å². The van der Waals surface area contributed by atoms with Crippen LogP contribution < -0.4 is 10.2 Å². The van der Waals surface area contributed by atoms with Crippen molar-refractivity contribution < 1.29 is 4.79 Å². The number of fused-ring (bicyclic) bond motifs is 2. The van der Waals surface area contributed by atoms with Gasteiger partial charge in [0.15, 0.2) is 0 Å². The molecule has 0 aliphatic carbocycles. The predicted octanol–water partition coefficient (Wildman–Crippen LogP) is 1.96. The number of benzene rings is 1. The summed E-state index contributed by atoms with van der Waals surface area (Å²) in [5, 5.41) is 23.0. The molecule has 0 spiro atoms. The van der Waals surface area contributed by atoms with Crippen LogP contribution in [-0.4, -0.2) is 43.4 Å². The lowest BCUT2D eigenvalue weighted by Crippen LogP contribution is -2.44. The molecule has 3 heterocycles. The highest BCUT2D eigenvalue weighted by atomic mass is 16.1. The zero-order chi connectivity index (χ0) is 18.6. The second-order valence-electron chi connectivity index (χ2n) is 7.00. The van der Waals surface area contributed by atoms with Gasteiger partial charge in [-0.1, -0.05) is 5.10 Å². The molecule has 134 valence electrons. The van der Waals surface area contributed by atoms with E-state index in [-0.39, 0.29) is 5.91 Å². The molecule has 0 saturated carbocycles. The third-order valence-electron chi connectivity index (χ3n) is 4.99. The van der Waals surface area contributed by atoms with Gasteiger partial charge in [0.1, 0.15) is 0 Å². The number of carbonyl (C=O) groups is 1. The summed E-state index contributed by atoms with van der Waals surface area (Å²) in [6, 6.07) is 5.65. The number of allylic oxidation sites excluding steroid dienone is 1. The van der Waals surface area contributed by atoms with E-state index >= 15 is 0 Å². The number of aryl methyl sites for hydroxylation is 1. The van der Waals surface area contributed by atoms with E-state index in [1.165, 1.54) is 0 Å². The maximum Gasteiger partial charge on any atom is 0.255 e. The number of aromatic nitrogens is 6. The summed E-state index contributed by atoms with van der Waals surface area (Å²) < 4.78 is 1.67. The molecule has 1 amide bonds. The number of hydrogen-bond acceptors (Lipinski definition) is 6. The average Bonchev–Trinajstić information content (AvgIpc) is 3.21. The minimum absolute atomic E-state index is 0.180. The van der Waals surface area contributed by atoms with Crippen LogP contribution in [0.5, 0.6) is 0 Å². The van der Waals surface area contributed by atoms with Crippen LogP contribution in [0.2, 0.25) is 0 Å². The lowest BCUT2D eigenvalue weighted by Gasteiger charge is -2.37. The number of carbonyl (C=O) groups excluding carboxylic acids is 1. The summed E-state index contributed by atoms with van der Waals surface area (Å²) in [5.74, 6) is 0.431. The molecule has 0 saturated heterocycles. The lowest BCUT2D eigenvalue weighted by molar-refractivity contribution is -0.113. The zero-order valence-electron chi connectivity index (χ0n) is 15.3. The summed E-state index contributed by atoms with van der Waals surface area (Å²) in [5.41, 5.74) is 3.30. The van der Waals surface area contributed by atoms with Gasteiger partial charge >= 0.3 is 0 Å². The van der Waals surface area contributed by atoms with E-state index in [2.05, 4.69) is 31.0 Å². The van der Waals surface area contributed by atoms with E-state index in [1.54, 1.807) is 4.68 Å². The van der Waals surface area contributed by atoms with Crippen LogP contribution in [0.3, 0.4) is 0 Å². The minimum Gasteiger partial charge on any atom is -0.322 e. The summed E-state index contributed by atoms with van der Waals surface area (Å²) in [6.07, 6.45) is 0. The molecule has 9 heteroatoms. The molecule has 3 aromatic rings. The summed E-state index contributed by atoms with van der Waals surface area (Å²) >= 11 is 0. The molecule has 26 heavy (non-hydrogen) atoms. The first kappa shape index (κ1) is 16.2. The molecule has 2 aromatic heterocycles. The van der Waals surface area contributed by atoms with Crippen LogP contribution in [0.25, 0.3) is 10.9 Å². The van der Waals surface area contributed by atoms with Gasteiger partial charge in [-0.05, 0) is 56.3 Å². The zero-order valence-corrected chi connectivity index (χ0v) is 15.3. The predicted molar refractivity (Wildman–Crippen MR) is 97.7 cm³/mol. The maximum atomic E-state index is 13.1. The number of aromatic amines is 1. The molecule has 9 nitrogen and oxygen atoms in total. The normalized spacial score (nSPS) is 16.1. The minimum atomic E-state index is -0.671. The molecular formula is C17H20N8O. The molecule has 1 aromatic carbocycles. The second-order valence-corrected chi connectivity index (χ2v) is 7.00. The van der Waals surface area contributed by atoms with E-state index in [0.717, 1.165) is 22.3 Å². The average molecular weight is 352 g/mol. The van der Waals surface area contributed by atoms with Gasteiger partial charge in [0.25, 0.3) is 5.91 Å². The highest BCUT2D eigenvalue weighted by Gasteiger charge is 2.41. The number of tetrazole rings is 1. The van der Waals surface area contributed by atoms with Crippen LogP contribution in [-0.2, 0) is 10.3 Å². The molecule has 0 radical (unpaired) electrons. The van der Waals surface area contributed by atoms with E-state index in [4.69, 9.17) is 0 Å². The van der Waals surface area contributed by atoms with Gasteiger partial charge in [0.2, 0.25) is 5.95 Å². The summed E-state index contributed by atoms with van der Waals surface area (Å²) in [6.45, 7) is 7.72. The highest BCUT2D eigenvalue weighted by molar-refractivity contribution is 6.07. The number of amides is 1. The first-order valence-electron chi connectivity index (χ1n) is 8.30. The first-order chi connectivity index (χ1) is 12.3. The molecule has 1 aliphatic rings. The number of hydrogen-bond donors (Lipinski definition) is 2. The summed E-state index contributed by atoms with van der Waals surface area (Å²) in [7, 11) is 1.85. The Morgan fingerprint density at radius 3 is 2.81 bits per heavy atom. The molecule has 0 atom stereocenters. The largest absolute Gasteiger partial charge is 0.322 e. The van der Waals surface area contributed by atoms with Crippen LogP contribution in [0.4, 0.5) is 11.6 Å². The maximum absolute atomic E-state index is 13.1. The highest BCUT2D eigenvalue weighted by Crippen LogP contribution is 2.37. The number of anilines is 2. The van der Waals surface area contributed by atoms with Crippen molar-refractivity contribution in [1.29, 1.82) is 0 Å². The topological polar surface area (TPSA) is 105 Å². The van der Waals surface area contributed by atoms with E-state index < -0.39 is 5.54 Å². The number of H-pyrrole nitrogens is 1. The van der Waals surface area contributed by atoms with Crippen molar-refractivity contribution in [2.75, 3.05) is 17.3 Å². The van der Waals surface area contributed by atoms with Gasteiger partial charge in [-0.2, -0.15) is 5.10 Å². The van der Waals surface area contributed by atoms with Crippen molar-refractivity contribution in [2.24, 2.45) is 0 Å². The van der Waals surface area contributed by atoms with Crippen LogP contribution in [0.1, 0.15) is 26.5 Å². The Kier molecular flexibility index (Phi) is 3.36. The third kappa shape index (κ3) is 2.20. The Balaban J connectivity index is 1.72. The summed E-state index contributed by atoms with van der Waals surface area (Å²) in [4.78, 5) is 15.0. The van der Waals surface area contributed by atoms with Gasteiger partial charge in [-0.3, -0.25) is 9.89 Å². The molecule has 0 unspecified atom stereocenters. The van der Waals surface area contributed by atoms with Gasteiger partial charge < -0.3 is 10.2 Å². The van der Waals surface area contributed by atoms with E-state index in [0.29, 0.717) is 17.2 Å². The van der Waals surface area contributed by atoms with Crippen LogP contribution in [0.15, 0.2) is 29.5 Å². The van der Waals surface area contributed by atoms with E-state index in [9.17, 15) is 4.79 Å². The Labute approximate surface area is 150 Å². The molecule has 1 aliphatic heterocycles. The number of nitrogens with one attached hydrogen (secondary N) is 2.